The lowest BCUT2D eigenvalue weighted by Crippen LogP contribution is -2.45. The molecule has 1 fully saturated rings. The number of likely N-dealkylation sites (N-methyl/N-ethyl adjacent to an activating group) is 1. The van der Waals surface area contributed by atoms with Crippen LogP contribution in [0.4, 0.5) is 17.5 Å². The number of rotatable bonds is 4. The van der Waals surface area contributed by atoms with E-state index in [2.05, 4.69) is 44.9 Å². The third-order valence-electron chi connectivity index (χ3n) is 6.27. The third kappa shape index (κ3) is 3.30. The first-order valence-electron chi connectivity index (χ1n) is 11.0. The van der Waals surface area contributed by atoms with Crippen LogP contribution in [0.25, 0.3) is 33.3 Å². The molecule has 3 aromatic heterocycles. The summed E-state index contributed by atoms with van der Waals surface area (Å²) in [5.41, 5.74) is 13.9. The highest BCUT2D eigenvalue weighted by Gasteiger charge is 2.28. The highest BCUT2D eigenvalue weighted by molar-refractivity contribution is 6.00. The second kappa shape index (κ2) is 7.31. The van der Waals surface area contributed by atoms with E-state index in [9.17, 15) is 0 Å². The Labute approximate surface area is 191 Å². The number of aryl methyl sites for hydroxylation is 2. The summed E-state index contributed by atoms with van der Waals surface area (Å²) in [6.07, 6.45) is 1.75. The topological polar surface area (TPSA) is 98.0 Å². The van der Waals surface area contributed by atoms with Crippen LogP contribution >= 0.6 is 0 Å². The molecule has 4 heterocycles. The molecular weight excluding hydrogens is 414 g/mol. The van der Waals surface area contributed by atoms with Crippen LogP contribution in [0.1, 0.15) is 17.2 Å². The largest absolute Gasteiger partial charge is 0.423 e. The molecule has 0 unspecified atom stereocenters. The average Bonchev–Trinajstić information content (AvgIpc) is 3.34. The Kier molecular flexibility index (Phi) is 4.38. The van der Waals surface area contributed by atoms with E-state index >= 15 is 0 Å². The van der Waals surface area contributed by atoms with Gasteiger partial charge in [-0.3, -0.25) is 4.68 Å². The second-order valence-corrected chi connectivity index (χ2v) is 8.91. The van der Waals surface area contributed by atoms with Crippen molar-refractivity contribution in [2.45, 2.75) is 19.9 Å². The molecule has 0 aliphatic carbocycles. The summed E-state index contributed by atoms with van der Waals surface area (Å²) in [7, 11) is 2.12. The first-order valence-corrected chi connectivity index (χ1v) is 11.0. The normalized spacial score (nSPS) is 14.8. The minimum absolute atomic E-state index is 0.347. The van der Waals surface area contributed by atoms with Crippen molar-refractivity contribution in [3.8, 4) is 11.3 Å². The molecule has 5 aromatic rings. The van der Waals surface area contributed by atoms with E-state index in [1.165, 1.54) is 0 Å². The van der Waals surface area contributed by atoms with Crippen LogP contribution in [0, 0.1) is 13.8 Å². The predicted octanol–water partition coefficient (Wildman–Crippen LogP) is 4.67. The number of benzene rings is 2. The number of hydrogen-bond donors (Lipinski definition) is 2. The summed E-state index contributed by atoms with van der Waals surface area (Å²) in [5, 5.41) is 9.12. The van der Waals surface area contributed by atoms with Crippen molar-refractivity contribution < 1.29 is 4.42 Å². The molecule has 166 valence electrons. The molecule has 8 nitrogen and oxygen atoms in total. The Morgan fingerprint density at radius 1 is 1.09 bits per heavy atom. The number of fused-ring (bicyclic) bond motifs is 2. The van der Waals surface area contributed by atoms with Crippen molar-refractivity contribution >= 4 is 39.5 Å². The van der Waals surface area contributed by atoms with Gasteiger partial charge in [-0.15, -0.1) is 0 Å². The van der Waals surface area contributed by atoms with Crippen molar-refractivity contribution in [1.29, 1.82) is 0 Å². The number of nitrogens with zero attached hydrogens (tertiary/aromatic N) is 5. The van der Waals surface area contributed by atoms with E-state index in [4.69, 9.17) is 15.2 Å². The van der Waals surface area contributed by atoms with Gasteiger partial charge in [0, 0.05) is 30.5 Å². The SMILES string of the molecule is Cc1cc(C)c2oc(Nc3ccc(-c4nn(C5CN(C)C5)c5ccnc(N)c45)cc3)nc2c1. The Morgan fingerprint density at radius 3 is 2.64 bits per heavy atom. The number of nitrogens with two attached hydrogens (primary N) is 1. The van der Waals surface area contributed by atoms with E-state index in [1.807, 2.05) is 43.3 Å². The molecule has 8 heteroatoms. The Hall–Kier alpha value is -3.91. The predicted molar refractivity (Wildman–Crippen MR) is 131 cm³/mol. The van der Waals surface area contributed by atoms with Crippen molar-refractivity contribution in [2.75, 3.05) is 31.2 Å². The molecule has 0 bridgehead atoms. The lowest BCUT2D eigenvalue weighted by molar-refractivity contribution is 0.134. The molecule has 1 aliphatic heterocycles. The Bertz CT molecular complexity index is 1490. The standard InChI is InChI=1S/C25H25N7O/c1-14-10-15(2)23-19(11-14)29-25(33-23)28-17-6-4-16(5-7-17)22-21-20(8-9-27-24(21)26)32(30-22)18-12-31(3)13-18/h4-11,18H,12-13H2,1-3H3,(H2,26,27)(H,28,29). The fourth-order valence-corrected chi connectivity index (χ4v) is 4.68. The number of likely N-dealkylation sites (tertiary alicyclic amines) is 1. The van der Waals surface area contributed by atoms with Gasteiger partial charge in [-0.2, -0.15) is 10.1 Å². The maximum atomic E-state index is 6.28. The molecule has 3 N–H and O–H groups in total. The van der Waals surface area contributed by atoms with Crippen molar-refractivity contribution in [2.24, 2.45) is 0 Å². The number of anilines is 3. The number of aromatic nitrogens is 4. The van der Waals surface area contributed by atoms with Gasteiger partial charge in [-0.25, -0.2) is 4.98 Å². The molecule has 1 aliphatic rings. The van der Waals surface area contributed by atoms with Crippen LogP contribution < -0.4 is 11.1 Å². The summed E-state index contributed by atoms with van der Waals surface area (Å²) >= 11 is 0. The lowest BCUT2D eigenvalue weighted by Gasteiger charge is -2.36. The molecule has 33 heavy (non-hydrogen) atoms. The third-order valence-corrected chi connectivity index (χ3v) is 6.27. The highest BCUT2D eigenvalue weighted by atomic mass is 16.4. The molecule has 2 aromatic carbocycles. The number of nitrogen functional groups attached to an aromatic ring is 1. The molecular formula is C25H25N7O. The van der Waals surface area contributed by atoms with Gasteiger partial charge in [0.2, 0.25) is 0 Å². The van der Waals surface area contributed by atoms with E-state index in [0.717, 1.165) is 63.2 Å². The molecule has 1 saturated heterocycles. The first kappa shape index (κ1) is 19.8. The maximum absolute atomic E-state index is 6.28. The van der Waals surface area contributed by atoms with E-state index in [1.54, 1.807) is 6.20 Å². The van der Waals surface area contributed by atoms with Crippen molar-refractivity contribution in [3.05, 3.63) is 59.8 Å². The van der Waals surface area contributed by atoms with Gasteiger partial charge in [0.25, 0.3) is 6.01 Å². The van der Waals surface area contributed by atoms with Crippen LogP contribution in [0.5, 0.6) is 0 Å². The summed E-state index contributed by atoms with van der Waals surface area (Å²) in [6, 6.07) is 15.0. The van der Waals surface area contributed by atoms with Gasteiger partial charge < -0.3 is 20.4 Å². The van der Waals surface area contributed by atoms with Gasteiger partial charge in [0.1, 0.15) is 17.0 Å². The number of oxazole rings is 1. The van der Waals surface area contributed by atoms with Crippen LogP contribution in [-0.4, -0.2) is 44.8 Å². The Balaban J connectivity index is 1.33. The van der Waals surface area contributed by atoms with Crippen LogP contribution in [0.2, 0.25) is 0 Å². The quantitative estimate of drug-likeness (QED) is 0.420. The smallest absolute Gasteiger partial charge is 0.300 e. The lowest BCUT2D eigenvalue weighted by atomic mass is 10.1. The van der Waals surface area contributed by atoms with Crippen LogP contribution in [-0.2, 0) is 0 Å². The minimum Gasteiger partial charge on any atom is -0.423 e. The Morgan fingerprint density at radius 2 is 1.88 bits per heavy atom. The molecule has 0 spiro atoms. The van der Waals surface area contributed by atoms with Crippen LogP contribution in [0.15, 0.2) is 53.1 Å². The van der Waals surface area contributed by atoms with Crippen molar-refractivity contribution in [1.82, 2.24) is 24.6 Å². The van der Waals surface area contributed by atoms with E-state index < -0.39 is 0 Å². The van der Waals surface area contributed by atoms with Crippen LogP contribution in [0.3, 0.4) is 0 Å². The molecule has 0 radical (unpaired) electrons. The summed E-state index contributed by atoms with van der Waals surface area (Å²) < 4.78 is 8.03. The zero-order chi connectivity index (χ0) is 22.7. The van der Waals surface area contributed by atoms with Gasteiger partial charge in [-0.05, 0) is 56.3 Å². The molecule has 0 saturated carbocycles. The highest BCUT2D eigenvalue weighted by Crippen LogP contribution is 2.35. The van der Waals surface area contributed by atoms with Crippen molar-refractivity contribution in [3.63, 3.8) is 0 Å². The summed E-state index contributed by atoms with van der Waals surface area (Å²) in [6.45, 7) is 6.05. The number of hydrogen-bond acceptors (Lipinski definition) is 7. The average molecular weight is 440 g/mol. The summed E-state index contributed by atoms with van der Waals surface area (Å²) in [4.78, 5) is 11.2. The first-order chi connectivity index (χ1) is 16.0. The molecule has 0 atom stereocenters. The second-order valence-electron chi connectivity index (χ2n) is 8.91. The molecule has 6 rings (SSSR count). The zero-order valence-electron chi connectivity index (χ0n) is 18.8. The monoisotopic (exact) mass is 439 g/mol. The van der Waals surface area contributed by atoms with E-state index in [-0.39, 0.29) is 0 Å². The van der Waals surface area contributed by atoms with Gasteiger partial charge in [0.05, 0.1) is 16.9 Å². The zero-order valence-corrected chi connectivity index (χ0v) is 18.8. The minimum atomic E-state index is 0.347. The number of pyridine rings is 1. The summed E-state index contributed by atoms with van der Waals surface area (Å²) in [5.74, 6) is 0.501. The number of nitrogens with one attached hydrogen (secondary N) is 1. The fourth-order valence-electron chi connectivity index (χ4n) is 4.68. The maximum Gasteiger partial charge on any atom is 0.300 e. The van der Waals surface area contributed by atoms with Gasteiger partial charge in [0.15, 0.2) is 5.58 Å². The fraction of sp³-hybridized carbons (Fsp3) is 0.240. The van der Waals surface area contributed by atoms with Gasteiger partial charge in [-0.1, -0.05) is 18.2 Å². The van der Waals surface area contributed by atoms with E-state index in [0.29, 0.717) is 17.9 Å². The van der Waals surface area contributed by atoms with Gasteiger partial charge >= 0.3 is 0 Å². The molecule has 0 amide bonds.